The van der Waals surface area contributed by atoms with Crippen LogP contribution in [0.25, 0.3) is 0 Å². The Bertz CT molecular complexity index is 834. The van der Waals surface area contributed by atoms with Crippen molar-refractivity contribution >= 4 is 0 Å². The van der Waals surface area contributed by atoms with Crippen LogP contribution in [0.4, 0.5) is 0 Å². The summed E-state index contributed by atoms with van der Waals surface area (Å²) >= 11 is 0. The van der Waals surface area contributed by atoms with Crippen molar-refractivity contribution in [2.45, 2.75) is 103 Å². The normalized spacial score (nSPS) is 40.6. The summed E-state index contributed by atoms with van der Waals surface area (Å²) in [5.74, 6) is 3.33. The third-order valence-corrected chi connectivity index (χ3v) is 9.13. The molecule has 146 valence electrons. The maximum atomic E-state index is 10.1. The Balaban J connectivity index is 1.44. The minimum Gasteiger partial charge on any atom is -0.392 e. The predicted molar refractivity (Wildman–Crippen MR) is 109 cm³/mol. The lowest BCUT2D eigenvalue weighted by molar-refractivity contribution is 0.0592. The summed E-state index contributed by atoms with van der Waals surface area (Å²) in [6.07, 6.45) is 9.92. The largest absolute Gasteiger partial charge is 0.392 e. The molecule has 0 aromatic heterocycles. The molecule has 0 spiro atoms. The smallest absolute Gasteiger partial charge is 0.0688 e. The Labute approximate surface area is 164 Å². The standard InChI is InChI=1S/C25H35NO/c1-24(2,3)26-23-19-15-8-7-13-14(9-11-25(4)10-5-6-17(13)25)18(15)21-20(22(21)23)16(19)12-27/h13-14,17,22-23,26-27H,5-12H2,1-4H3/t13-,14+,17+,22?,23?,25+/m1/s1. The van der Waals surface area contributed by atoms with E-state index in [1.165, 1.54) is 56.1 Å². The molecule has 0 saturated heterocycles. The fourth-order valence-electron chi connectivity index (χ4n) is 8.25. The molecule has 0 radical (unpaired) electrons. The summed E-state index contributed by atoms with van der Waals surface area (Å²) in [5, 5.41) is 14.0. The van der Waals surface area contributed by atoms with E-state index in [0.717, 1.165) is 17.8 Å². The lowest BCUT2D eigenvalue weighted by atomic mass is 9.55. The van der Waals surface area contributed by atoms with Gasteiger partial charge in [0.2, 0.25) is 0 Å². The number of benzene rings is 1. The fraction of sp³-hybridized carbons (Fsp3) is 0.760. The first-order chi connectivity index (χ1) is 12.8. The van der Waals surface area contributed by atoms with Crippen molar-refractivity contribution in [1.29, 1.82) is 0 Å². The van der Waals surface area contributed by atoms with E-state index in [9.17, 15) is 5.11 Å². The first-order valence-corrected chi connectivity index (χ1v) is 11.4. The van der Waals surface area contributed by atoms with Gasteiger partial charge in [-0.3, -0.25) is 0 Å². The molecule has 7 rings (SSSR count). The highest BCUT2D eigenvalue weighted by Gasteiger charge is 2.59. The number of aliphatic hydroxyl groups is 1. The van der Waals surface area contributed by atoms with E-state index in [-0.39, 0.29) is 12.1 Å². The molecule has 4 bridgehead atoms. The molecular formula is C25H35NO. The minimum absolute atomic E-state index is 0.116. The van der Waals surface area contributed by atoms with E-state index < -0.39 is 0 Å². The second kappa shape index (κ2) is 5.19. The molecule has 6 atom stereocenters. The van der Waals surface area contributed by atoms with E-state index in [4.69, 9.17) is 0 Å². The first kappa shape index (κ1) is 17.0. The van der Waals surface area contributed by atoms with E-state index in [1.807, 2.05) is 0 Å². The van der Waals surface area contributed by atoms with Crippen LogP contribution in [0, 0.1) is 17.3 Å². The fourth-order valence-corrected chi connectivity index (χ4v) is 8.25. The zero-order valence-electron chi connectivity index (χ0n) is 17.5. The van der Waals surface area contributed by atoms with E-state index >= 15 is 0 Å². The van der Waals surface area contributed by atoms with Gasteiger partial charge in [-0.2, -0.15) is 0 Å². The molecule has 1 aromatic carbocycles. The maximum Gasteiger partial charge on any atom is 0.0688 e. The number of aliphatic hydroxyl groups excluding tert-OH is 1. The average Bonchev–Trinajstić information content (AvgIpc) is 3.11. The van der Waals surface area contributed by atoms with Gasteiger partial charge in [0.05, 0.1) is 6.61 Å². The van der Waals surface area contributed by atoms with Gasteiger partial charge in [0, 0.05) is 17.5 Å². The molecule has 27 heavy (non-hydrogen) atoms. The van der Waals surface area contributed by atoms with Crippen molar-refractivity contribution in [1.82, 2.24) is 5.32 Å². The minimum atomic E-state index is 0.116. The maximum absolute atomic E-state index is 10.1. The zero-order chi connectivity index (χ0) is 18.7. The summed E-state index contributed by atoms with van der Waals surface area (Å²) < 4.78 is 0. The van der Waals surface area contributed by atoms with Gasteiger partial charge in [-0.1, -0.05) is 13.3 Å². The summed E-state index contributed by atoms with van der Waals surface area (Å²) in [5.41, 5.74) is 10.3. The van der Waals surface area contributed by atoms with Crippen molar-refractivity contribution in [2.75, 3.05) is 0 Å². The molecule has 0 aliphatic heterocycles. The third-order valence-electron chi connectivity index (χ3n) is 9.13. The molecular weight excluding hydrogens is 330 g/mol. The lowest BCUT2D eigenvalue weighted by Gasteiger charge is -2.50. The number of fused-ring (bicyclic) bond motifs is 3. The summed E-state index contributed by atoms with van der Waals surface area (Å²) in [7, 11) is 0. The van der Waals surface area contributed by atoms with Crippen LogP contribution >= 0.6 is 0 Å². The lowest BCUT2D eigenvalue weighted by Crippen LogP contribution is -2.43. The molecule has 2 heteroatoms. The van der Waals surface area contributed by atoms with Gasteiger partial charge < -0.3 is 10.4 Å². The van der Waals surface area contributed by atoms with Crippen molar-refractivity contribution in [3.63, 3.8) is 0 Å². The Morgan fingerprint density at radius 2 is 1.85 bits per heavy atom. The molecule has 2 nitrogen and oxygen atoms in total. The topological polar surface area (TPSA) is 32.3 Å². The zero-order valence-corrected chi connectivity index (χ0v) is 17.5. The van der Waals surface area contributed by atoms with Crippen molar-refractivity contribution < 1.29 is 5.11 Å². The molecule has 0 amide bonds. The molecule has 1 aromatic rings. The van der Waals surface area contributed by atoms with Crippen LogP contribution in [-0.4, -0.2) is 10.6 Å². The molecule has 2 fully saturated rings. The van der Waals surface area contributed by atoms with Crippen LogP contribution in [0.15, 0.2) is 0 Å². The molecule has 2 saturated carbocycles. The van der Waals surface area contributed by atoms with Crippen LogP contribution in [0.3, 0.4) is 0 Å². The second-order valence-electron chi connectivity index (χ2n) is 11.6. The third kappa shape index (κ3) is 2.10. The van der Waals surface area contributed by atoms with E-state index in [0.29, 0.717) is 17.4 Å². The van der Waals surface area contributed by atoms with Gasteiger partial charge in [0.1, 0.15) is 0 Å². The molecule has 6 aliphatic rings. The van der Waals surface area contributed by atoms with Crippen LogP contribution in [0.5, 0.6) is 0 Å². The van der Waals surface area contributed by atoms with Gasteiger partial charge in [0.15, 0.2) is 0 Å². The Kier molecular flexibility index (Phi) is 3.27. The van der Waals surface area contributed by atoms with Crippen molar-refractivity contribution in [2.24, 2.45) is 17.3 Å². The molecule has 0 heterocycles. The second-order valence-corrected chi connectivity index (χ2v) is 11.6. The van der Waals surface area contributed by atoms with Crippen LogP contribution in [-0.2, 0) is 13.0 Å². The Morgan fingerprint density at radius 1 is 1.04 bits per heavy atom. The highest BCUT2D eigenvalue weighted by atomic mass is 16.3. The van der Waals surface area contributed by atoms with Gasteiger partial charge in [-0.05, 0) is 116 Å². The quantitative estimate of drug-likeness (QED) is 0.744. The average molecular weight is 366 g/mol. The van der Waals surface area contributed by atoms with Crippen LogP contribution in [0.2, 0.25) is 0 Å². The highest BCUT2D eigenvalue weighted by Crippen LogP contribution is 2.70. The first-order valence-electron chi connectivity index (χ1n) is 11.4. The monoisotopic (exact) mass is 365 g/mol. The highest BCUT2D eigenvalue weighted by molar-refractivity contribution is 5.75. The Hall–Kier alpha value is -0.860. The van der Waals surface area contributed by atoms with Crippen molar-refractivity contribution in [3.8, 4) is 0 Å². The van der Waals surface area contributed by atoms with E-state index in [2.05, 4.69) is 33.0 Å². The Morgan fingerprint density at radius 3 is 2.59 bits per heavy atom. The summed E-state index contributed by atoms with van der Waals surface area (Å²) in [6.45, 7) is 9.66. The number of hydrogen-bond donors (Lipinski definition) is 2. The number of rotatable bonds is 2. The number of nitrogens with one attached hydrogen (secondary N) is 1. The van der Waals surface area contributed by atoms with Gasteiger partial charge in [-0.15, -0.1) is 0 Å². The van der Waals surface area contributed by atoms with Gasteiger partial charge >= 0.3 is 0 Å². The molecule has 6 aliphatic carbocycles. The van der Waals surface area contributed by atoms with Crippen molar-refractivity contribution in [3.05, 3.63) is 33.4 Å². The van der Waals surface area contributed by atoms with Crippen LogP contribution < -0.4 is 5.32 Å². The molecule has 2 unspecified atom stereocenters. The summed E-state index contributed by atoms with van der Waals surface area (Å²) in [6, 6.07) is 0.438. The van der Waals surface area contributed by atoms with Gasteiger partial charge in [-0.25, -0.2) is 0 Å². The van der Waals surface area contributed by atoms with E-state index in [1.54, 1.807) is 22.3 Å². The summed E-state index contributed by atoms with van der Waals surface area (Å²) in [4.78, 5) is 0. The number of hydrogen-bond acceptors (Lipinski definition) is 2. The SMILES string of the molecule is CC(C)(C)NC1c2c(CO)c3c(c4c2CC[C@@H]2[C@@H]4CC[C@]4(C)CCC[C@@H]24)C31. The van der Waals surface area contributed by atoms with Crippen LogP contribution in [0.1, 0.15) is 117 Å². The van der Waals surface area contributed by atoms with Gasteiger partial charge in [0.25, 0.3) is 0 Å². The molecule has 2 N–H and O–H groups in total. The predicted octanol–water partition coefficient (Wildman–Crippen LogP) is 5.31.